The summed E-state index contributed by atoms with van der Waals surface area (Å²) in [6.45, 7) is 1.51. The standard InChI is InChI=1S/C16H24N2O2/c17-13-16(7-4-8-16)11-15(20)18(9-10-19)12-14-5-2-1-3-6-14/h1-3,5-6,19H,4,7-13,17H2. The average molecular weight is 276 g/mol. The maximum atomic E-state index is 12.5. The fraction of sp³-hybridized carbons (Fsp3) is 0.562. The van der Waals surface area contributed by atoms with Gasteiger partial charge in [-0.05, 0) is 30.4 Å². The monoisotopic (exact) mass is 276 g/mol. The first-order valence-corrected chi connectivity index (χ1v) is 7.32. The second-order valence-corrected chi connectivity index (χ2v) is 5.76. The number of nitrogens with two attached hydrogens (primary N) is 1. The van der Waals surface area contributed by atoms with Crippen molar-refractivity contribution in [2.75, 3.05) is 19.7 Å². The van der Waals surface area contributed by atoms with Crippen molar-refractivity contribution >= 4 is 5.91 Å². The van der Waals surface area contributed by atoms with Gasteiger partial charge < -0.3 is 15.7 Å². The van der Waals surface area contributed by atoms with E-state index < -0.39 is 0 Å². The number of carbonyl (C=O) groups is 1. The first-order chi connectivity index (χ1) is 9.69. The molecule has 4 nitrogen and oxygen atoms in total. The van der Waals surface area contributed by atoms with Gasteiger partial charge in [-0.15, -0.1) is 0 Å². The third-order valence-electron chi connectivity index (χ3n) is 4.31. The molecule has 0 bridgehead atoms. The minimum atomic E-state index is -0.00576. The molecule has 0 heterocycles. The predicted octanol–water partition coefficient (Wildman–Crippen LogP) is 1.53. The van der Waals surface area contributed by atoms with Gasteiger partial charge in [0.15, 0.2) is 0 Å². The summed E-state index contributed by atoms with van der Waals surface area (Å²) in [5, 5.41) is 9.17. The smallest absolute Gasteiger partial charge is 0.223 e. The number of nitrogens with zero attached hydrogens (tertiary/aromatic N) is 1. The van der Waals surface area contributed by atoms with Crippen LogP contribution in [0.25, 0.3) is 0 Å². The van der Waals surface area contributed by atoms with Crippen LogP contribution in [0.15, 0.2) is 30.3 Å². The van der Waals surface area contributed by atoms with Gasteiger partial charge in [-0.3, -0.25) is 4.79 Å². The van der Waals surface area contributed by atoms with Crippen LogP contribution in [0.4, 0.5) is 0 Å². The largest absolute Gasteiger partial charge is 0.395 e. The molecule has 1 saturated carbocycles. The Morgan fingerprint density at radius 2 is 2.00 bits per heavy atom. The maximum Gasteiger partial charge on any atom is 0.223 e. The van der Waals surface area contributed by atoms with E-state index in [1.807, 2.05) is 30.3 Å². The van der Waals surface area contributed by atoms with Gasteiger partial charge in [-0.1, -0.05) is 36.8 Å². The summed E-state index contributed by atoms with van der Waals surface area (Å²) in [6.07, 6.45) is 3.78. The van der Waals surface area contributed by atoms with E-state index in [-0.39, 0.29) is 17.9 Å². The summed E-state index contributed by atoms with van der Waals surface area (Å²) in [5.41, 5.74) is 6.93. The SMILES string of the molecule is NCC1(CC(=O)N(CCO)Cc2ccccc2)CCC1. The van der Waals surface area contributed by atoms with Gasteiger partial charge in [0.2, 0.25) is 5.91 Å². The molecule has 0 aromatic heterocycles. The fourth-order valence-corrected chi connectivity index (χ4v) is 2.78. The van der Waals surface area contributed by atoms with E-state index in [0.717, 1.165) is 18.4 Å². The van der Waals surface area contributed by atoms with Crippen molar-refractivity contribution in [2.24, 2.45) is 11.1 Å². The zero-order valence-electron chi connectivity index (χ0n) is 11.9. The molecule has 0 saturated heterocycles. The Hall–Kier alpha value is -1.39. The summed E-state index contributed by atoms with van der Waals surface area (Å²) >= 11 is 0. The number of benzene rings is 1. The highest BCUT2D eigenvalue weighted by Gasteiger charge is 2.38. The molecule has 4 heteroatoms. The van der Waals surface area contributed by atoms with Crippen LogP contribution in [0.3, 0.4) is 0 Å². The minimum Gasteiger partial charge on any atom is -0.395 e. The van der Waals surface area contributed by atoms with Crippen LogP contribution in [0.1, 0.15) is 31.2 Å². The molecule has 110 valence electrons. The van der Waals surface area contributed by atoms with Gasteiger partial charge in [0, 0.05) is 19.5 Å². The van der Waals surface area contributed by atoms with Gasteiger partial charge in [0.05, 0.1) is 6.61 Å². The third-order valence-corrected chi connectivity index (χ3v) is 4.31. The van der Waals surface area contributed by atoms with Gasteiger partial charge >= 0.3 is 0 Å². The van der Waals surface area contributed by atoms with Gasteiger partial charge in [0.25, 0.3) is 0 Å². The molecule has 0 spiro atoms. The first kappa shape index (κ1) is 15.0. The molecule has 1 aromatic rings. The highest BCUT2D eigenvalue weighted by Crippen LogP contribution is 2.43. The van der Waals surface area contributed by atoms with E-state index >= 15 is 0 Å². The quantitative estimate of drug-likeness (QED) is 0.793. The summed E-state index contributed by atoms with van der Waals surface area (Å²) in [5.74, 6) is 0.105. The predicted molar refractivity (Wildman–Crippen MR) is 78.9 cm³/mol. The number of aliphatic hydroxyl groups excluding tert-OH is 1. The molecule has 1 amide bonds. The molecule has 1 fully saturated rings. The highest BCUT2D eigenvalue weighted by molar-refractivity contribution is 5.77. The van der Waals surface area contributed by atoms with Crippen molar-refractivity contribution in [3.63, 3.8) is 0 Å². The normalized spacial score (nSPS) is 16.5. The van der Waals surface area contributed by atoms with Crippen LogP contribution >= 0.6 is 0 Å². The van der Waals surface area contributed by atoms with Crippen LogP contribution in [-0.2, 0) is 11.3 Å². The number of hydrogen-bond donors (Lipinski definition) is 2. The van der Waals surface area contributed by atoms with Crippen LogP contribution < -0.4 is 5.73 Å². The molecular weight excluding hydrogens is 252 g/mol. The van der Waals surface area contributed by atoms with Crippen molar-refractivity contribution in [3.05, 3.63) is 35.9 Å². The minimum absolute atomic E-state index is 0.00576. The Labute approximate surface area is 120 Å². The second-order valence-electron chi connectivity index (χ2n) is 5.76. The Kier molecular flexibility index (Phi) is 5.15. The lowest BCUT2D eigenvalue weighted by Crippen LogP contribution is -2.43. The van der Waals surface area contributed by atoms with Gasteiger partial charge in [0.1, 0.15) is 0 Å². The second kappa shape index (κ2) is 6.86. The maximum absolute atomic E-state index is 12.5. The van der Waals surface area contributed by atoms with Crippen LogP contribution in [0.2, 0.25) is 0 Å². The van der Waals surface area contributed by atoms with E-state index in [0.29, 0.717) is 26.1 Å². The van der Waals surface area contributed by atoms with Crippen molar-refractivity contribution in [1.29, 1.82) is 0 Å². The average Bonchev–Trinajstić information content (AvgIpc) is 2.43. The molecule has 2 rings (SSSR count). The molecule has 1 aromatic carbocycles. The Morgan fingerprint density at radius 1 is 1.30 bits per heavy atom. The summed E-state index contributed by atoms with van der Waals surface area (Å²) in [7, 11) is 0. The van der Waals surface area contributed by atoms with Crippen molar-refractivity contribution < 1.29 is 9.90 Å². The Bertz CT molecular complexity index is 424. The number of aliphatic hydroxyl groups is 1. The molecule has 1 aliphatic carbocycles. The number of amides is 1. The summed E-state index contributed by atoms with van der Waals surface area (Å²) in [4.78, 5) is 14.2. The number of carbonyl (C=O) groups excluding carboxylic acids is 1. The van der Waals surface area contributed by atoms with Gasteiger partial charge in [-0.25, -0.2) is 0 Å². The lowest BCUT2D eigenvalue weighted by molar-refractivity contribution is -0.136. The van der Waals surface area contributed by atoms with Crippen LogP contribution in [-0.4, -0.2) is 35.6 Å². The molecule has 0 atom stereocenters. The number of rotatable bonds is 7. The molecule has 0 radical (unpaired) electrons. The van der Waals surface area contributed by atoms with Gasteiger partial charge in [-0.2, -0.15) is 0 Å². The van der Waals surface area contributed by atoms with Crippen molar-refractivity contribution in [1.82, 2.24) is 4.90 Å². The molecule has 0 unspecified atom stereocenters. The molecule has 20 heavy (non-hydrogen) atoms. The molecular formula is C16H24N2O2. The van der Waals surface area contributed by atoms with E-state index in [9.17, 15) is 9.90 Å². The van der Waals surface area contributed by atoms with Crippen molar-refractivity contribution in [3.8, 4) is 0 Å². The first-order valence-electron chi connectivity index (χ1n) is 7.32. The third kappa shape index (κ3) is 3.58. The topological polar surface area (TPSA) is 66.6 Å². The Morgan fingerprint density at radius 3 is 2.50 bits per heavy atom. The van der Waals surface area contributed by atoms with E-state index in [1.54, 1.807) is 4.90 Å². The van der Waals surface area contributed by atoms with Crippen LogP contribution in [0.5, 0.6) is 0 Å². The lowest BCUT2D eigenvalue weighted by atomic mass is 9.66. The molecule has 3 N–H and O–H groups in total. The van der Waals surface area contributed by atoms with Crippen LogP contribution in [0, 0.1) is 5.41 Å². The summed E-state index contributed by atoms with van der Waals surface area (Å²) < 4.78 is 0. The zero-order chi connectivity index (χ0) is 14.4. The number of hydrogen-bond acceptors (Lipinski definition) is 3. The van der Waals surface area contributed by atoms with E-state index in [1.165, 1.54) is 6.42 Å². The molecule has 0 aliphatic heterocycles. The lowest BCUT2D eigenvalue weighted by Gasteiger charge is -2.41. The fourth-order valence-electron chi connectivity index (χ4n) is 2.78. The van der Waals surface area contributed by atoms with E-state index in [4.69, 9.17) is 5.73 Å². The Balaban J connectivity index is 1.98. The van der Waals surface area contributed by atoms with E-state index in [2.05, 4.69) is 0 Å². The summed E-state index contributed by atoms with van der Waals surface area (Å²) in [6, 6.07) is 9.88. The van der Waals surface area contributed by atoms with Crippen molar-refractivity contribution in [2.45, 2.75) is 32.2 Å². The zero-order valence-corrected chi connectivity index (χ0v) is 11.9. The highest BCUT2D eigenvalue weighted by atomic mass is 16.3. The molecule has 1 aliphatic rings.